The molecule has 0 aromatic carbocycles. The molecule has 1 atom stereocenters. The van der Waals surface area contributed by atoms with Gasteiger partial charge in [0.1, 0.15) is 5.82 Å². The number of nitrogens with zero attached hydrogens (tertiary/aromatic N) is 2. The number of anilines is 3. The minimum atomic E-state index is 0.0189. The third-order valence-corrected chi connectivity index (χ3v) is 3.18. The molecule has 0 radical (unpaired) electrons. The van der Waals surface area contributed by atoms with Gasteiger partial charge in [0.2, 0.25) is 5.91 Å². The van der Waals surface area contributed by atoms with Crippen molar-refractivity contribution in [3.63, 3.8) is 0 Å². The molecule has 2 heterocycles. The Morgan fingerprint density at radius 3 is 3.05 bits per heavy atom. The first-order valence-corrected chi connectivity index (χ1v) is 6.62. The number of pyridine rings is 1. The lowest BCUT2D eigenvalue weighted by atomic mass is 10.2. The highest BCUT2D eigenvalue weighted by Crippen LogP contribution is 2.23. The Morgan fingerprint density at radius 1 is 1.58 bits per heavy atom. The summed E-state index contributed by atoms with van der Waals surface area (Å²) in [6.45, 7) is 6.04. The van der Waals surface area contributed by atoms with Crippen LogP contribution in [0.25, 0.3) is 0 Å². The average Bonchev–Trinajstić information content (AvgIpc) is 2.80. The molecule has 1 saturated heterocycles. The maximum Gasteiger partial charge on any atom is 0.217 e. The van der Waals surface area contributed by atoms with E-state index in [9.17, 15) is 4.79 Å². The molecule has 1 amide bonds. The first-order chi connectivity index (χ1) is 9.10. The van der Waals surface area contributed by atoms with Crippen molar-refractivity contribution >= 4 is 23.2 Å². The van der Waals surface area contributed by atoms with Crippen LogP contribution in [0, 0.1) is 0 Å². The molecule has 6 heteroatoms. The second kappa shape index (κ2) is 5.77. The van der Waals surface area contributed by atoms with Crippen LogP contribution in [-0.2, 0) is 4.79 Å². The first kappa shape index (κ1) is 13.5. The number of aromatic nitrogens is 1. The number of amides is 1. The topological polar surface area (TPSA) is 83.3 Å². The van der Waals surface area contributed by atoms with Gasteiger partial charge in [-0.25, -0.2) is 4.98 Å². The third kappa shape index (κ3) is 3.27. The Kier molecular flexibility index (Phi) is 4.09. The molecule has 1 unspecified atom stereocenters. The number of hydrogen-bond donors (Lipinski definition) is 3. The first-order valence-electron chi connectivity index (χ1n) is 6.62. The Balaban J connectivity index is 2.06. The standard InChI is InChI=1S/C13H21N5O/c1-3-15-13-11(14)4-5-12(17-13)18-7-6-10(8-18)16-9(2)19/h4-5,10H,3,6-8,14H2,1-2H3,(H,15,17)(H,16,19). The number of nitrogen functional groups attached to an aromatic ring is 1. The average molecular weight is 263 g/mol. The lowest BCUT2D eigenvalue weighted by Crippen LogP contribution is -2.35. The van der Waals surface area contributed by atoms with Crippen LogP contribution in [-0.4, -0.2) is 36.6 Å². The molecule has 104 valence electrons. The minimum Gasteiger partial charge on any atom is -0.396 e. The molecule has 0 aliphatic carbocycles. The Morgan fingerprint density at radius 2 is 2.37 bits per heavy atom. The number of rotatable bonds is 4. The van der Waals surface area contributed by atoms with Crippen molar-refractivity contribution in [2.45, 2.75) is 26.3 Å². The van der Waals surface area contributed by atoms with Gasteiger partial charge in [0.15, 0.2) is 5.82 Å². The summed E-state index contributed by atoms with van der Waals surface area (Å²) in [7, 11) is 0. The zero-order valence-corrected chi connectivity index (χ0v) is 11.4. The maximum atomic E-state index is 11.1. The fraction of sp³-hybridized carbons (Fsp3) is 0.538. The van der Waals surface area contributed by atoms with E-state index in [0.29, 0.717) is 5.69 Å². The van der Waals surface area contributed by atoms with E-state index in [1.807, 2.05) is 19.1 Å². The van der Waals surface area contributed by atoms with Crippen molar-refractivity contribution in [3.8, 4) is 0 Å². The molecule has 1 aromatic rings. The van der Waals surface area contributed by atoms with Crippen molar-refractivity contribution in [2.75, 3.05) is 35.6 Å². The summed E-state index contributed by atoms with van der Waals surface area (Å²) in [6, 6.07) is 4.00. The van der Waals surface area contributed by atoms with Crippen LogP contribution >= 0.6 is 0 Å². The van der Waals surface area contributed by atoms with E-state index in [1.165, 1.54) is 0 Å². The second-order valence-corrected chi connectivity index (χ2v) is 4.77. The van der Waals surface area contributed by atoms with E-state index in [1.54, 1.807) is 6.92 Å². The Hall–Kier alpha value is -1.98. The van der Waals surface area contributed by atoms with Gasteiger partial charge in [-0.2, -0.15) is 0 Å². The van der Waals surface area contributed by atoms with Crippen LogP contribution in [0.5, 0.6) is 0 Å². The smallest absolute Gasteiger partial charge is 0.217 e. The van der Waals surface area contributed by atoms with Crippen molar-refractivity contribution in [1.29, 1.82) is 0 Å². The fourth-order valence-electron chi connectivity index (χ4n) is 2.32. The quantitative estimate of drug-likeness (QED) is 0.749. The van der Waals surface area contributed by atoms with E-state index < -0.39 is 0 Å². The van der Waals surface area contributed by atoms with Crippen LogP contribution in [0.15, 0.2) is 12.1 Å². The lowest BCUT2D eigenvalue weighted by molar-refractivity contribution is -0.119. The molecule has 1 fully saturated rings. The second-order valence-electron chi connectivity index (χ2n) is 4.77. The molecule has 0 saturated carbocycles. The monoisotopic (exact) mass is 263 g/mol. The summed E-state index contributed by atoms with van der Waals surface area (Å²) in [5, 5.41) is 6.09. The van der Waals surface area contributed by atoms with Crippen molar-refractivity contribution in [3.05, 3.63) is 12.1 Å². The molecular weight excluding hydrogens is 242 g/mol. The molecule has 1 aromatic heterocycles. The Labute approximate surface area is 113 Å². The van der Waals surface area contributed by atoms with E-state index in [0.717, 1.165) is 37.7 Å². The molecule has 19 heavy (non-hydrogen) atoms. The number of nitrogens with one attached hydrogen (secondary N) is 2. The fourth-order valence-corrected chi connectivity index (χ4v) is 2.32. The van der Waals surface area contributed by atoms with E-state index in [2.05, 4.69) is 20.5 Å². The predicted molar refractivity (Wildman–Crippen MR) is 77.2 cm³/mol. The van der Waals surface area contributed by atoms with Gasteiger partial charge in [0, 0.05) is 32.6 Å². The van der Waals surface area contributed by atoms with Crippen LogP contribution in [0.2, 0.25) is 0 Å². The third-order valence-electron chi connectivity index (χ3n) is 3.18. The van der Waals surface area contributed by atoms with Gasteiger partial charge in [0.05, 0.1) is 5.69 Å². The van der Waals surface area contributed by atoms with Gasteiger partial charge in [-0.3, -0.25) is 4.79 Å². The van der Waals surface area contributed by atoms with Crippen molar-refractivity contribution in [1.82, 2.24) is 10.3 Å². The zero-order valence-electron chi connectivity index (χ0n) is 11.4. The van der Waals surface area contributed by atoms with Crippen LogP contribution in [0.4, 0.5) is 17.3 Å². The predicted octanol–water partition coefficient (Wildman–Crippen LogP) is 0.810. The zero-order chi connectivity index (χ0) is 13.8. The van der Waals surface area contributed by atoms with E-state index >= 15 is 0 Å². The molecule has 1 aliphatic rings. The van der Waals surface area contributed by atoms with Gasteiger partial charge >= 0.3 is 0 Å². The van der Waals surface area contributed by atoms with Gasteiger partial charge in [-0.1, -0.05) is 0 Å². The summed E-state index contributed by atoms with van der Waals surface area (Å²) < 4.78 is 0. The van der Waals surface area contributed by atoms with Crippen LogP contribution in [0.1, 0.15) is 20.3 Å². The summed E-state index contributed by atoms with van der Waals surface area (Å²) >= 11 is 0. The maximum absolute atomic E-state index is 11.1. The van der Waals surface area contributed by atoms with Gasteiger partial charge in [-0.15, -0.1) is 0 Å². The highest BCUT2D eigenvalue weighted by atomic mass is 16.1. The molecule has 4 N–H and O–H groups in total. The number of carbonyl (C=O) groups is 1. The van der Waals surface area contributed by atoms with Gasteiger partial charge < -0.3 is 21.3 Å². The van der Waals surface area contributed by atoms with Crippen molar-refractivity contribution < 1.29 is 4.79 Å². The summed E-state index contributed by atoms with van der Waals surface area (Å²) in [6.07, 6.45) is 0.947. The molecule has 0 bridgehead atoms. The summed E-state index contributed by atoms with van der Waals surface area (Å²) in [5.41, 5.74) is 6.52. The van der Waals surface area contributed by atoms with Gasteiger partial charge in [-0.05, 0) is 25.5 Å². The molecule has 6 nitrogen and oxygen atoms in total. The highest BCUT2D eigenvalue weighted by molar-refractivity contribution is 5.73. The number of nitrogens with two attached hydrogens (primary N) is 1. The minimum absolute atomic E-state index is 0.0189. The molecule has 2 rings (SSSR count). The molecule has 0 spiro atoms. The van der Waals surface area contributed by atoms with Crippen LogP contribution in [0.3, 0.4) is 0 Å². The molecular formula is C13H21N5O. The van der Waals surface area contributed by atoms with E-state index in [4.69, 9.17) is 5.73 Å². The largest absolute Gasteiger partial charge is 0.396 e. The number of carbonyl (C=O) groups excluding carboxylic acids is 1. The SMILES string of the molecule is CCNc1nc(N2CCC(NC(C)=O)C2)ccc1N. The molecule has 1 aliphatic heterocycles. The number of hydrogen-bond acceptors (Lipinski definition) is 5. The van der Waals surface area contributed by atoms with Crippen LogP contribution < -0.4 is 21.3 Å². The lowest BCUT2D eigenvalue weighted by Gasteiger charge is -2.19. The summed E-state index contributed by atoms with van der Waals surface area (Å²) in [5.74, 6) is 1.64. The van der Waals surface area contributed by atoms with Crippen molar-refractivity contribution in [2.24, 2.45) is 0 Å². The summed E-state index contributed by atoms with van der Waals surface area (Å²) in [4.78, 5) is 17.8. The normalized spacial score (nSPS) is 18.4. The van der Waals surface area contributed by atoms with Gasteiger partial charge in [0.25, 0.3) is 0 Å². The van der Waals surface area contributed by atoms with E-state index in [-0.39, 0.29) is 11.9 Å². The highest BCUT2D eigenvalue weighted by Gasteiger charge is 2.24. The Bertz CT molecular complexity index is 462.